The van der Waals surface area contributed by atoms with Crippen molar-refractivity contribution in [1.82, 2.24) is 0 Å². The number of likely N-dealkylation sites (tertiary alicyclic amines) is 1. The molecular formula is C9H18NO+. The van der Waals surface area contributed by atoms with Crippen LogP contribution in [0.3, 0.4) is 0 Å². The number of carbonyl (C=O) groups excluding carboxylic acids is 1. The Labute approximate surface area is 68.8 Å². The maximum atomic E-state index is 11.2. The Bertz CT molecular complexity index is 167. The van der Waals surface area contributed by atoms with E-state index in [1.165, 1.54) is 13.0 Å². The third-order valence-electron chi connectivity index (χ3n) is 3.09. The van der Waals surface area contributed by atoms with Gasteiger partial charge in [-0.2, -0.15) is 0 Å². The molecule has 0 aliphatic carbocycles. The van der Waals surface area contributed by atoms with Gasteiger partial charge in [0, 0.05) is 19.8 Å². The minimum Gasteiger partial charge on any atom is -0.318 e. The highest BCUT2D eigenvalue weighted by molar-refractivity contribution is 5.80. The monoisotopic (exact) mass is 156 g/mol. The van der Waals surface area contributed by atoms with Crippen molar-refractivity contribution in [1.29, 1.82) is 0 Å². The predicted octanol–water partition coefficient (Wildman–Crippen LogP) is 1.20. The molecule has 1 saturated heterocycles. The van der Waals surface area contributed by atoms with Gasteiger partial charge in [0.25, 0.3) is 0 Å². The molecule has 0 spiro atoms. The van der Waals surface area contributed by atoms with E-state index >= 15 is 0 Å². The van der Waals surface area contributed by atoms with Crippen LogP contribution >= 0.6 is 0 Å². The standard InChI is InChI=1S/C9H18NO/c1-4-10(3)7-5-6-9(10)8(2)11/h9H,4-7H2,1-3H3/q+1. The van der Waals surface area contributed by atoms with E-state index in [9.17, 15) is 4.79 Å². The number of likely N-dealkylation sites (N-methyl/N-ethyl adjacent to an activating group) is 1. The van der Waals surface area contributed by atoms with Crippen LogP contribution in [-0.2, 0) is 4.79 Å². The number of hydrogen-bond donors (Lipinski definition) is 0. The van der Waals surface area contributed by atoms with Crippen LogP contribution in [0, 0.1) is 0 Å². The fourth-order valence-electron chi connectivity index (χ4n) is 2.13. The lowest BCUT2D eigenvalue weighted by atomic mass is 10.1. The van der Waals surface area contributed by atoms with Crippen LogP contribution in [0.2, 0.25) is 0 Å². The molecule has 0 aromatic rings. The summed E-state index contributed by atoms with van der Waals surface area (Å²) < 4.78 is 0.968. The van der Waals surface area contributed by atoms with Gasteiger partial charge >= 0.3 is 0 Å². The van der Waals surface area contributed by atoms with Crippen LogP contribution < -0.4 is 0 Å². The van der Waals surface area contributed by atoms with Crippen molar-refractivity contribution in [2.24, 2.45) is 0 Å². The zero-order valence-electron chi connectivity index (χ0n) is 7.76. The Kier molecular flexibility index (Phi) is 2.33. The second-order valence-corrected chi connectivity index (χ2v) is 3.79. The summed E-state index contributed by atoms with van der Waals surface area (Å²) in [5, 5.41) is 0. The molecule has 1 aliphatic heterocycles. The third kappa shape index (κ3) is 1.45. The molecular weight excluding hydrogens is 138 g/mol. The lowest BCUT2D eigenvalue weighted by molar-refractivity contribution is -0.910. The van der Waals surface area contributed by atoms with Gasteiger partial charge in [0.1, 0.15) is 6.04 Å². The molecule has 2 heteroatoms. The van der Waals surface area contributed by atoms with Gasteiger partial charge in [-0.3, -0.25) is 4.79 Å². The van der Waals surface area contributed by atoms with Crippen molar-refractivity contribution in [3.8, 4) is 0 Å². The first-order chi connectivity index (χ1) is 5.10. The first-order valence-corrected chi connectivity index (χ1v) is 4.45. The molecule has 2 nitrogen and oxygen atoms in total. The molecule has 1 rings (SSSR count). The molecule has 0 bridgehead atoms. The molecule has 0 aromatic carbocycles. The molecule has 11 heavy (non-hydrogen) atoms. The summed E-state index contributed by atoms with van der Waals surface area (Å²) in [6.07, 6.45) is 2.31. The molecule has 0 aromatic heterocycles. The molecule has 0 saturated carbocycles. The van der Waals surface area contributed by atoms with Gasteiger partial charge in [-0.15, -0.1) is 0 Å². The predicted molar refractivity (Wildman–Crippen MR) is 45.3 cm³/mol. The Hall–Kier alpha value is -0.370. The maximum Gasteiger partial charge on any atom is 0.186 e. The van der Waals surface area contributed by atoms with Gasteiger partial charge in [-0.25, -0.2) is 0 Å². The van der Waals surface area contributed by atoms with Crippen molar-refractivity contribution < 1.29 is 9.28 Å². The van der Waals surface area contributed by atoms with E-state index in [1.54, 1.807) is 6.92 Å². The molecule has 0 amide bonds. The van der Waals surface area contributed by atoms with E-state index < -0.39 is 0 Å². The minimum atomic E-state index is 0.292. The van der Waals surface area contributed by atoms with E-state index in [1.807, 2.05) is 0 Å². The average molecular weight is 156 g/mol. The number of quaternary nitrogens is 1. The lowest BCUT2D eigenvalue weighted by Gasteiger charge is -2.33. The zero-order valence-corrected chi connectivity index (χ0v) is 7.76. The molecule has 0 N–H and O–H groups in total. The molecule has 2 atom stereocenters. The number of nitrogens with zero attached hydrogens (tertiary/aromatic N) is 1. The van der Waals surface area contributed by atoms with E-state index in [4.69, 9.17) is 0 Å². The summed E-state index contributed by atoms with van der Waals surface area (Å²) in [4.78, 5) is 11.2. The van der Waals surface area contributed by atoms with Crippen LogP contribution in [-0.4, -0.2) is 36.4 Å². The summed E-state index contributed by atoms with van der Waals surface area (Å²) in [7, 11) is 2.19. The van der Waals surface area contributed by atoms with Crippen LogP contribution in [0.15, 0.2) is 0 Å². The highest BCUT2D eigenvalue weighted by Crippen LogP contribution is 2.24. The summed E-state index contributed by atoms with van der Waals surface area (Å²) in [6.45, 7) is 6.16. The van der Waals surface area contributed by atoms with Gasteiger partial charge in [0.2, 0.25) is 0 Å². The van der Waals surface area contributed by atoms with Crippen LogP contribution in [0.1, 0.15) is 26.7 Å². The van der Waals surface area contributed by atoms with Crippen molar-refractivity contribution >= 4 is 5.78 Å². The van der Waals surface area contributed by atoms with E-state index in [0.29, 0.717) is 11.8 Å². The van der Waals surface area contributed by atoms with E-state index in [0.717, 1.165) is 17.4 Å². The minimum absolute atomic E-state index is 0.292. The summed E-state index contributed by atoms with van der Waals surface area (Å²) >= 11 is 0. The Morgan fingerprint density at radius 2 is 2.27 bits per heavy atom. The van der Waals surface area contributed by atoms with Gasteiger partial charge in [-0.05, 0) is 6.92 Å². The first-order valence-electron chi connectivity index (χ1n) is 4.45. The second kappa shape index (κ2) is 2.94. The molecule has 1 aliphatic rings. The maximum absolute atomic E-state index is 11.2. The Morgan fingerprint density at radius 3 is 2.64 bits per heavy atom. The fourth-order valence-corrected chi connectivity index (χ4v) is 2.13. The van der Waals surface area contributed by atoms with Crippen LogP contribution in [0.5, 0.6) is 0 Å². The highest BCUT2D eigenvalue weighted by Gasteiger charge is 2.39. The SMILES string of the molecule is CC[N+]1(C)CCCC1C(C)=O. The van der Waals surface area contributed by atoms with Gasteiger partial charge < -0.3 is 4.48 Å². The smallest absolute Gasteiger partial charge is 0.186 e. The molecule has 1 heterocycles. The lowest BCUT2D eigenvalue weighted by Crippen LogP contribution is -2.50. The number of carbonyl (C=O) groups is 1. The number of ketones is 1. The van der Waals surface area contributed by atoms with Crippen molar-refractivity contribution in [3.63, 3.8) is 0 Å². The van der Waals surface area contributed by atoms with Crippen molar-refractivity contribution in [2.75, 3.05) is 20.1 Å². The number of rotatable bonds is 2. The summed E-state index contributed by atoms with van der Waals surface area (Å²) in [5.41, 5.74) is 0. The summed E-state index contributed by atoms with van der Waals surface area (Å²) in [5.74, 6) is 0.367. The molecule has 64 valence electrons. The van der Waals surface area contributed by atoms with Gasteiger partial charge in [0.05, 0.1) is 20.1 Å². The number of Topliss-reactive ketones (excluding diaryl/α,β-unsaturated/α-hetero) is 1. The quantitative estimate of drug-likeness (QED) is 0.549. The zero-order chi connectivity index (χ0) is 8.48. The van der Waals surface area contributed by atoms with Crippen LogP contribution in [0.4, 0.5) is 0 Å². The van der Waals surface area contributed by atoms with Crippen molar-refractivity contribution in [2.45, 2.75) is 32.7 Å². The van der Waals surface area contributed by atoms with Crippen LogP contribution in [0.25, 0.3) is 0 Å². The molecule has 2 unspecified atom stereocenters. The third-order valence-corrected chi connectivity index (χ3v) is 3.09. The summed E-state index contributed by atoms with van der Waals surface area (Å²) in [6, 6.07) is 0.292. The van der Waals surface area contributed by atoms with Gasteiger partial charge in [-0.1, -0.05) is 0 Å². The molecule has 1 fully saturated rings. The van der Waals surface area contributed by atoms with E-state index in [-0.39, 0.29) is 0 Å². The Morgan fingerprint density at radius 1 is 1.64 bits per heavy atom. The molecule has 0 radical (unpaired) electrons. The Balaban J connectivity index is 2.72. The average Bonchev–Trinajstić information content (AvgIpc) is 2.32. The highest BCUT2D eigenvalue weighted by atomic mass is 16.1. The second-order valence-electron chi connectivity index (χ2n) is 3.79. The van der Waals surface area contributed by atoms with Crippen molar-refractivity contribution in [3.05, 3.63) is 0 Å². The largest absolute Gasteiger partial charge is 0.318 e. The first kappa shape index (κ1) is 8.72. The normalized spacial score (nSPS) is 37.5. The van der Waals surface area contributed by atoms with Gasteiger partial charge in [0.15, 0.2) is 5.78 Å². The number of hydrogen-bond acceptors (Lipinski definition) is 1. The topological polar surface area (TPSA) is 17.1 Å². The van der Waals surface area contributed by atoms with E-state index in [2.05, 4.69) is 14.0 Å². The fraction of sp³-hybridized carbons (Fsp3) is 0.889.